The van der Waals surface area contributed by atoms with Gasteiger partial charge in [0.05, 0.1) is 6.04 Å². The molecule has 1 saturated heterocycles. The molecule has 0 aromatic heterocycles. The van der Waals surface area contributed by atoms with Gasteiger partial charge in [-0.05, 0) is 20.3 Å². The van der Waals surface area contributed by atoms with Crippen LogP contribution in [0.3, 0.4) is 0 Å². The molecule has 0 radical (unpaired) electrons. The molecule has 1 heterocycles. The molecule has 0 spiro atoms. The van der Waals surface area contributed by atoms with E-state index in [0.29, 0.717) is 12.6 Å². The number of amides is 1. The van der Waals surface area contributed by atoms with Gasteiger partial charge < -0.3 is 11.1 Å². The fourth-order valence-corrected chi connectivity index (χ4v) is 2.76. The molecule has 0 aliphatic carbocycles. The van der Waals surface area contributed by atoms with Crippen LogP contribution in [-0.2, 0) is 4.79 Å². The number of hydrogen-bond donors (Lipinski definition) is 2. The maximum atomic E-state index is 11.8. The van der Waals surface area contributed by atoms with Crippen molar-refractivity contribution in [3.05, 3.63) is 0 Å². The van der Waals surface area contributed by atoms with E-state index in [9.17, 15) is 4.79 Å². The van der Waals surface area contributed by atoms with Crippen LogP contribution in [0.2, 0.25) is 0 Å². The van der Waals surface area contributed by atoms with Crippen LogP contribution in [0.25, 0.3) is 0 Å². The molecule has 112 valence electrons. The fourth-order valence-electron chi connectivity index (χ4n) is 2.76. The minimum atomic E-state index is -0.0235. The molecule has 0 aromatic rings. The summed E-state index contributed by atoms with van der Waals surface area (Å²) in [6.07, 6.45) is 2.35. The summed E-state index contributed by atoms with van der Waals surface area (Å²) in [6.45, 7) is 11.5. The highest BCUT2D eigenvalue weighted by Crippen LogP contribution is 2.12. The van der Waals surface area contributed by atoms with Gasteiger partial charge >= 0.3 is 0 Å². The Balaban J connectivity index is 2.41. The number of carbonyl (C=O) groups excluding carboxylic acids is 1. The standard InChI is InChI=1S/C14H30N4O/c1-4-6-13(11-15)18-9-7-17(8-10-18)12(3)14(19)16-5-2/h12-13H,4-11,15H2,1-3H3,(H,16,19). The van der Waals surface area contributed by atoms with Gasteiger partial charge in [-0.2, -0.15) is 0 Å². The van der Waals surface area contributed by atoms with E-state index in [1.165, 1.54) is 12.8 Å². The van der Waals surface area contributed by atoms with Crippen molar-refractivity contribution in [3.8, 4) is 0 Å². The maximum absolute atomic E-state index is 11.8. The zero-order chi connectivity index (χ0) is 14.3. The lowest BCUT2D eigenvalue weighted by molar-refractivity contribution is -0.126. The first kappa shape index (κ1) is 16.4. The average molecular weight is 270 g/mol. The number of nitrogens with two attached hydrogens (primary N) is 1. The quantitative estimate of drug-likeness (QED) is 0.696. The molecule has 1 fully saturated rings. The lowest BCUT2D eigenvalue weighted by Crippen LogP contribution is -2.56. The Morgan fingerprint density at radius 1 is 1.21 bits per heavy atom. The zero-order valence-electron chi connectivity index (χ0n) is 12.7. The van der Waals surface area contributed by atoms with Crippen LogP contribution in [0.1, 0.15) is 33.6 Å². The Hall–Kier alpha value is -0.650. The van der Waals surface area contributed by atoms with Crippen molar-refractivity contribution in [2.45, 2.75) is 45.7 Å². The van der Waals surface area contributed by atoms with E-state index >= 15 is 0 Å². The summed E-state index contributed by atoms with van der Waals surface area (Å²) in [6, 6.07) is 0.483. The van der Waals surface area contributed by atoms with Crippen LogP contribution in [0.15, 0.2) is 0 Å². The highest BCUT2D eigenvalue weighted by molar-refractivity contribution is 5.81. The Bertz CT molecular complexity index is 264. The van der Waals surface area contributed by atoms with Crippen LogP contribution >= 0.6 is 0 Å². The largest absolute Gasteiger partial charge is 0.355 e. The lowest BCUT2D eigenvalue weighted by Gasteiger charge is -2.40. The molecule has 1 amide bonds. The van der Waals surface area contributed by atoms with Gasteiger partial charge in [0.2, 0.25) is 5.91 Å². The van der Waals surface area contributed by atoms with Crippen molar-refractivity contribution in [2.75, 3.05) is 39.3 Å². The molecule has 19 heavy (non-hydrogen) atoms. The fraction of sp³-hybridized carbons (Fsp3) is 0.929. The molecule has 3 N–H and O–H groups in total. The average Bonchev–Trinajstić information content (AvgIpc) is 2.44. The van der Waals surface area contributed by atoms with Crippen molar-refractivity contribution in [1.82, 2.24) is 15.1 Å². The highest BCUT2D eigenvalue weighted by atomic mass is 16.2. The Labute approximate surface area is 117 Å². The van der Waals surface area contributed by atoms with Gasteiger partial charge in [-0.3, -0.25) is 14.6 Å². The molecule has 0 saturated carbocycles. The Kier molecular flexibility index (Phi) is 7.34. The second kappa shape index (κ2) is 8.51. The van der Waals surface area contributed by atoms with Crippen molar-refractivity contribution in [3.63, 3.8) is 0 Å². The molecule has 0 bridgehead atoms. The molecule has 5 heteroatoms. The van der Waals surface area contributed by atoms with Crippen LogP contribution < -0.4 is 11.1 Å². The van der Waals surface area contributed by atoms with Gasteiger partial charge in [0.1, 0.15) is 0 Å². The predicted octanol–water partition coefficient (Wildman–Crippen LogP) is 0.256. The lowest BCUT2D eigenvalue weighted by atomic mass is 10.1. The molecule has 1 aliphatic rings. The van der Waals surface area contributed by atoms with Gasteiger partial charge in [-0.15, -0.1) is 0 Å². The first-order chi connectivity index (χ1) is 9.13. The van der Waals surface area contributed by atoms with Crippen molar-refractivity contribution < 1.29 is 4.79 Å². The minimum absolute atomic E-state index is 0.0235. The molecule has 0 aromatic carbocycles. The van der Waals surface area contributed by atoms with E-state index in [1.807, 2.05) is 13.8 Å². The van der Waals surface area contributed by atoms with Crippen LogP contribution in [0.4, 0.5) is 0 Å². The number of rotatable bonds is 7. The van der Waals surface area contributed by atoms with Crippen LogP contribution in [-0.4, -0.2) is 67.1 Å². The Morgan fingerprint density at radius 2 is 1.79 bits per heavy atom. The van der Waals surface area contributed by atoms with Gasteiger partial charge in [0.15, 0.2) is 0 Å². The third-order valence-corrected chi connectivity index (χ3v) is 4.04. The summed E-state index contributed by atoms with van der Waals surface area (Å²) in [5.74, 6) is 0.139. The van der Waals surface area contributed by atoms with Crippen LogP contribution in [0, 0.1) is 0 Å². The highest BCUT2D eigenvalue weighted by Gasteiger charge is 2.27. The number of nitrogens with one attached hydrogen (secondary N) is 1. The second-order valence-corrected chi connectivity index (χ2v) is 5.32. The third kappa shape index (κ3) is 4.75. The Morgan fingerprint density at radius 3 is 2.26 bits per heavy atom. The topological polar surface area (TPSA) is 61.6 Å². The molecular formula is C14H30N4O. The van der Waals surface area contributed by atoms with E-state index in [-0.39, 0.29) is 11.9 Å². The summed E-state index contributed by atoms with van der Waals surface area (Å²) in [5.41, 5.74) is 5.85. The van der Waals surface area contributed by atoms with Crippen molar-refractivity contribution >= 4 is 5.91 Å². The molecule has 2 unspecified atom stereocenters. The maximum Gasteiger partial charge on any atom is 0.237 e. The number of carbonyl (C=O) groups is 1. The van der Waals surface area contributed by atoms with Gasteiger partial charge in [-0.25, -0.2) is 0 Å². The molecule has 1 aliphatic heterocycles. The summed E-state index contributed by atoms with van der Waals surface area (Å²) in [4.78, 5) is 16.6. The first-order valence-electron chi connectivity index (χ1n) is 7.59. The molecule has 1 rings (SSSR count). The van der Waals surface area contributed by atoms with E-state index in [2.05, 4.69) is 22.0 Å². The number of piperazine rings is 1. The minimum Gasteiger partial charge on any atom is -0.355 e. The number of hydrogen-bond acceptors (Lipinski definition) is 4. The molecule has 5 nitrogen and oxygen atoms in total. The summed E-state index contributed by atoms with van der Waals surface area (Å²) >= 11 is 0. The van der Waals surface area contributed by atoms with Gasteiger partial charge in [0.25, 0.3) is 0 Å². The monoisotopic (exact) mass is 270 g/mol. The predicted molar refractivity (Wildman–Crippen MR) is 79.0 cm³/mol. The van der Waals surface area contributed by atoms with Crippen molar-refractivity contribution in [1.29, 1.82) is 0 Å². The smallest absolute Gasteiger partial charge is 0.237 e. The normalized spacial score (nSPS) is 21.1. The van der Waals surface area contributed by atoms with E-state index < -0.39 is 0 Å². The van der Waals surface area contributed by atoms with Crippen LogP contribution in [0.5, 0.6) is 0 Å². The first-order valence-corrected chi connectivity index (χ1v) is 7.59. The molecule has 2 atom stereocenters. The van der Waals surface area contributed by atoms with Gasteiger partial charge in [0, 0.05) is 45.3 Å². The summed E-state index contributed by atoms with van der Waals surface area (Å²) in [5, 5.41) is 2.89. The summed E-state index contributed by atoms with van der Waals surface area (Å²) < 4.78 is 0. The second-order valence-electron chi connectivity index (χ2n) is 5.32. The van der Waals surface area contributed by atoms with Crippen molar-refractivity contribution in [2.24, 2.45) is 5.73 Å². The summed E-state index contributed by atoms with van der Waals surface area (Å²) in [7, 11) is 0. The van der Waals surface area contributed by atoms with Gasteiger partial charge in [-0.1, -0.05) is 13.3 Å². The molecular weight excluding hydrogens is 240 g/mol. The number of likely N-dealkylation sites (N-methyl/N-ethyl adjacent to an activating group) is 1. The van der Waals surface area contributed by atoms with E-state index in [1.54, 1.807) is 0 Å². The van der Waals surface area contributed by atoms with E-state index in [0.717, 1.165) is 32.7 Å². The zero-order valence-corrected chi connectivity index (χ0v) is 12.7. The third-order valence-electron chi connectivity index (χ3n) is 4.04. The SMILES string of the molecule is CCCC(CN)N1CCN(C(C)C(=O)NCC)CC1. The van der Waals surface area contributed by atoms with E-state index in [4.69, 9.17) is 5.73 Å². The number of nitrogens with zero attached hydrogens (tertiary/aromatic N) is 2.